The Morgan fingerprint density at radius 3 is 2.00 bits per heavy atom. The molecule has 1 aliphatic heterocycles. The monoisotopic (exact) mass is 516 g/mol. The van der Waals surface area contributed by atoms with Gasteiger partial charge in [0.2, 0.25) is 0 Å². The molecule has 2 aromatic carbocycles. The predicted molar refractivity (Wildman–Crippen MR) is 118 cm³/mol. The highest BCUT2D eigenvalue weighted by Crippen LogP contribution is 2.38. The lowest BCUT2D eigenvalue weighted by Crippen LogP contribution is -2.54. The molecule has 0 aliphatic carbocycles. The van der Waals surface area contributed by atoms with E-state index >= 15 is 0 Å². The van der Waals surface area contributed by atoms with E-state index in [9.17, 15) is 31.3 Å². The molecular formula is C22H23F3N2O7S. The maximum absolute atomic E-state index is 13.4. The second-order valence-electron chi connectivity index (χ2n) is 7.82. The minimum Gasteiger partial charge on any atom is -0.457 e. The molecular weight excluding hydrogens is 493 g/mol. The van der Waals surface area contributed by atoms with Gasteiger partial charge in [0.15, 0.2) is 14.6 Å². The number of amides is 1. The summed E-state index contributed by atoms with van der Waals surface area (Å²) in [6.07, 6.45) is -5.00. The van der Waals surface area contributed by atoms with Crippen molar-refractivity contribution >= 4 is 15.7 Å². The minimum atomic E-state index is -4.82. The van der Waals surface area contributed by atoms with E-state index in [1.165, 1.54) is 36.4 Å². The van der Waals surface area contributed by atoms with Crippen molar-refractivity contribution in [2.45, 2.75) is 28.8 Å². The van der Waals surface area contributed by atoms with Crippen molar-refractivity contribution in [3.63, 3.8) is 0 Å². The number of hydrogen-bond donors (Lipinski definition) is 0. The molecule has 35 heavy (non-hydrogen) atoms. The molecule has 0 spiro atoms. The quantitative estimate of drug-likeness (QED) is 0.461. The van der Waals surface area contributed by atoms with Gasteiger partial charge in [0.25, 0.3) is 0 Å². The van der Waals surface area contributed by atoms with Crippen LogP contribution in [-0.4, -0.2) is 63.7 Å². The number of nitrogens with zero attached hydrogens (tertiary/aromatic N) is 2. The Bertz CT molecular complexity index is 1130. The number of piperidine rings is 1. The molecule has 3 rings (SSSR count). The highest BCUT2D eigenvalue weighted by Gasteiger charge is 2.53. The summed E-state index contributed by atoms with van der Waals surface area (Å²) in [4.78, 5) is 25.3. The summed E-state index contributed by atoms with van der Waals surface area (Å²) in [5, 5.41) is 2.45. The topological polar surface area (TPSA) is 112 Å². The van der Waals surface area contributed by atoms with Gasteiger partial charge in [-0.2, -0.15) is 0 Å². The molecule has 1 amide bonds. The summed E-state index contributed by atoms with van der Waals surface area (Å²) >= 11 is 0. The fraction of sp³-hybridized carbons (Fsp3) is 0.409. The zero-order valence-corrected chi connectivity index (χ0v) is 19.5. The van der Waals surface area contributed by atoms with Crippen molar-refractivity contribution < 1.29 is 40.6 Å². The number of ether oxygens (including phenoxy) is 3. The Labute approximate surface area is 199 Å². The van der Waals surface area contributed by atoms with Crippen LogP contribution in [0.25, 0.3) is 0 Å². The fourth-order valence-corrected chi connectivity index (χ4v) is 5.73. The number of alkyl halides is 3. The third-order valence-electron chi connectivity index (χ3n) is 5.69. The van der Waals surface area contributed by atoms with Gasteiger partial charge >= 0.3 is 12.3 Å². The predicted octanol–water partition coefficient (Wildman–Crippen LogP) is 3.93. The van der Waals surface area contributed by atoms with Crippen molar-refractivity contribution in [3.05, 3.63) is 53.4 Å². The Morgan fingerprint density at radius 2 is 1.51 bits per heavy atom. The van der Waals surface area contributed by atoms with E-state index in [4.69, 9.17) is 9.47 Å². The first-order valence-corrected chi connectivity index (χ1v) is 12.0. The molecule has 1 aliphatic rings. The number of methoxy groups -OCH3 is 1. The molecule has 1 saturated heterocycles. The summed E-state index contributed by atoms with van der Waals surface area (Å²) < 4.78 is 76.1. The van der Waals surface area contributed by atoms with Crippen molar-refractivity contribution in [1.82, 2.24) is 4.90 Å². The van der Waals surface area contributed by atoms with Gasteiger partial charge in [-0.05, 0) is 61.4 Å². The first-order valence-electron chi connectivity index (χ1n) is 10.5. The molecule has 0 atom stereocenters. The molecule has 9 nitrogen and oxygen atoms in total. The van der Waals surface area contributed by atoms with Crippen molar-refractivity contribution in [3.8, 4) is 17.2 Å². The smallest absolute Gasteiger partial charge is 0.457 e. The van der Waals surface area contributed by atoms with E-state index in [1.807, 2.05) is 4.90 Å². The van der Waals surface area contributed by atoms with Crippen molar-refractivity contribution in [1.29, 1.82) is 0 Å². The number of nitroso groups, excluding NO2 is 1. The Balaban J connectivity index is 1.76. The SMILES string of the molecule is COCCN1CCC(C(=O)N=O)(S(=O)(=O)c2ccc(Oc3ccc(OC(F)(F)F)cc3)cc2)CC1. The van der Waals surface area contributed by atoms with Gasteiger partial charge in [-0.25, -0.2) is 8.42 Å². The molecule has 13 heteroatoms. The lowest BCUT2D eigenvalue weighted by Gasteiger charge is -2.38. The minimum absolute atomic E-state index is 0.0891. The molecule has 1 heterocycles. The van der Waals surface area contributed by atoms with Crippen LogP contribution in [0.5, 0.6) is 17.2 Å². The van der Waals surface area contributed by atoms with Gasteiger partial charge in [0.05, 0.1) is 11.5 Å². The number of likely N-dealkylation sites (tertiary alicyclic amines) is 1. The maximum Gasteiger partial charge on any atom is 0.573 e. The first-order chi connectivity index (χ1) is 16.5. The number of carbonyl (C=O) groups excluding carboxylic acids is 1. The van der Waals surface area contributed by atoms with Gasteiger partial charge in [-0.15, -0.1) is 18.1 Å². The van der Waals surface area contributed by atoms with E-state index in [0.717, 1.165) is 12.1 Å². The molecule has 2 aromatic rings. The molecule has 0 bridgehead atoms. The van der Waals surface area contributed by atoms with Crippen LogP contribution >= 0.6 is 0 Å². The molecule has 0 aromatic heterocycles. The maximum atomic E-state index is 13.4. The number of carbonyl (C=O) groups is 1. The average Bonchev–Trinajstić information content (AvgIpc) is 2.83. The Kier molecular flexibility index (Phi) is 8.13. The van der Waals surface area contributed by atoms with Crippen molar-refractivity contribution in [2.75, 3.05) is 33.4 Å². The number of halogens is 3. The van der Waals surface area contributed by atoms with Gasteiger partial charge in [0, 0.05) is 31.9 Å². The summed E-state index contributed by atoms with van der Waals surface area (Å²) in [6, 6.07) is 9.82. The second kappa shape index (κ2) is 10.7. The molecule has 0 unspecified atom stereocenters. The standard InChI is InChI=1S/C22H23F3N2O7S/c1-32-15-14-27-12-10-21(11-13-27,20(28)26-29)35(30,31)19-8-6-17(7-9-19)33-16-2-4-18(5-3-16)34-22(23,24)25/h2-9H,10-15H2,1H3. The normalized spacial score (nSPS) is 16.5. The van der Waals surface area contributed by atoms with Gasteiger partial charge in [0.1, 0.15) is 17.2 Å². The van der Waals surface area contributed by atoms with Crippen LogP contribution in [0.3, 0.4) is 0 Å². The number of sulfone groups is 1. The average molecular weight is 516 g/mol. The molecule has 0 N–H and O–H groups in total. The Morgan fingerprint density at radius 1 is 1.00 bits per heavy atom. The highest BCUT2D eigenvalue weighted by atomic mass is 32.2. The van der Waals surface area contributed by atoms with E-state index < -0.39 is 32.6 Å². The zero-order valence-electron chi connectivity index (χ0n) is 18.7. The molecule has 1 fully saturated rings. The van der Waals surface area contributed by atoms with Gasteiger partial charge in [-0.3, -0.25) is 4.79 Å². The number of hydrogen-bond acceptors (Lipinski definition) is 8. The van der Waals surface area contributed by atoms with Crippen LogP contribution in [0, 0.1) is 4.91 Å². The van der Waals surface area contributed by atoms with E-state index in [1.54, 1.807) is 7.11 Å². The van der Waals surface area contributed by atoms with Crippen LogP contribution in [0.2, 0.25) is 0 Å². The fourth-order valence-electron chi connectivity index (χ4n) is 3.80. The summed E-state index contributed by atoms with van der Waals surface area (Å²) in [6.45, 7) is 1.56. The first kappa shape index (κ1) is 26.6. The third-order valence-corrected chi connectivity index (χ3v) is 8.19. The van der Waals surface area contributed by atoms with Crippen LogP contribution < -0.4 is 9.47 Å². The number of benzene rings is 2. The van der Waals surface area contributed by atoms with Crippen molar-refractivity contribution in [2.24, 2.45) is 5.18 Å². The number of rotatable bonds is 9. The largest absolute Gasteiger partial charge is 0.573 e. The second-order valence-corrected chi connectivity index (χ2v) is 10.1. The van der Waals surface area contributed by atoms with Crippen LogP contribution in [0.4, 0.5) is 13.2 Å². The van der Waals surface area contributed by atoms with Gasteiger partial charge in [-0.1, -0.05) is 0 Å². The van der Waals surface area contributed by atoms with E-state index in [2.05, 4.69) is 9.91 Å². The lowest BCUT2D eigenvalue weighted by molar-refractivity contribution is -0.274. The van der Waals surface area contributed by atoms with Crippen LogP contribution in [-0.2, 0) is 19.4 Å². The summed E-state index contributed by atoms with van der Waals surface area (Å²) in [5.74, 6) is -1.25. The van der Waals surface area contributed by atoms with Crippen LogP contribution in [0.1, 0.15) is 12.8 Å². The zero-order chi connectivity index (χ0) is 25.7. The van der Waals surface area contributed by atoms with E-state index in [0.29, 0.717) is 13.2 Å². The lowest BCUT2D eigenvalue weighted by atomic mass is 9.95. The molecule has 0 radical (unpaired) electrons. The highest BCUT2D eigenvalue weighted by molar-refractivity contribution is 7.93. The molecule has 190 valence electrons. The van der Waals surface area contributed by atoms with Gasteiger partial charge < -0.3 is 19.1 Å². The summed E-state index contributed by atoms with van der Waals surface area (Å²) in [7, 11) is -2.73. The third kappa shape index (κ3) is 6.16. The van der Waals surface area contributed by atoms with E-state index in [-0.39, 0.29) is 42.3 Å². The van der Waals surface area contributed by atoms with Crippen LogP contribution in [0.15, 0.2) is 58.6 Å². The summed E-state index contributed by atoms with van der Waals surface area (Å²) in [5.41, 5.74) is 0. The molecule has 0 saturated carbocycles. The Hall–Kier alpha value is -3.03.